The van der Waals surface area contributed by atoms with Crippen LogP contribution in [0, 0.1) is 10.1 Å². The van der Waals surface area contributed by atoms with Crippen LogP contribution < -0.4 is 0 Å². The quantitative estimate of drug-likeness (QED) is 0.634. The Morgan fingerprint density at radius 2 is 2.32 bits per heavy atom. The van der Waals surface area contributed by atoms with Gasteiger partial charge in [-0.3, -0.25) is 4.79 Å². The van der Waals surface area contributed by atoms with E-state index in [0.29, 0.717) is 13.0 Å². The maximum absolute atomic E-state index is 12.3. The first-order valence-electron chi connectivity index (χ1n) is 6.38. The van der Waals surface area contributed by atoms with Crippen molar-refractivity contribution in [3.05, 3.63) is 27.9 Å². The fraction of sp³-hybridized carbons (Fsp3) is 0.583. The van der Waals surface area contributed by atoms with Gasteiger partial charge < -0.3 is 20.1 Å². The van der Waals surface area contributed by atoms with Gasteiger partial charge in [-0.25, -0.2) is 4.98 Å². The van der Waals surface area contributed by atoms with Crippen molar-refractivity contribution in [1.29, 1.82) is 0 Å². The summed E-state index contributed by atoms with van der Waals surface area (Å²) in [5.41, 5.74) is 0.233. The van der Waals surface area contributed by atoms with Crippen molar-refractivity contribution < 1.29 is 14.8 Å². The number of carbonyl (C=O) groups excluding carboxylic acids is 1. The lowest BCUT2D eigenvalue weighted by atomic mass is 9.99. The number of aromatic nitrogens is 1. The van der Waals surface area contributed by atoms with E-state index in [1.54, 1.807) is 4.90 Å². The number of nitro groups is 1. The maximum atomic E-state index is 12.3. The van der Waals surface area contributed by atoms with Crippen molar-refractivity contribution >= 4 is 11.7 Å². The van der Waals surface area contributed by atoms with E-state index >= 15 is 0 Å². The van der Waals surface area contributed by atoms with Crippen LogP contribution >= 0.6 is 0 Å². The largest absolute Gasteiger partial charge is 0.396 e. The molecule has 0 bridgehead atoms. The summed E-state index contributed by atoms with van der Waals surface area (Å²) < 4.78 is 0. The van der Waals surface area contributed by atoms with Crippen LogP contribution in [0.1, 0.15) is 36.2 Å². The summed E-state index contributed by atoms with van der Waals surface area (Å²) in [6, 6.07) is 2.75. The number of carbonyl (C=O) groups is 1. The molecule has 1 aliphatic heterocycles. The Balaban J connectivity index is 2.13. The third kappa shape index (κ3) is 2.93. The summed E-state index contributed by atoms with van der Waals surface area (Å²) in [6.45, 7) is 0.676. The standard InChI is InChI=1S/C12H17N3O4/c16-8-6-9-3-1-2-7-14(9)12(17)10-4-5-11(13-10)15(18)19/h4-5,9,13,16H,1-3,6-8H2. The molecule has 1 unspecified atom stereocenters. The average Bonchev–Trinajstić information content (AvgIpc) is 2.89. The van der Waals surface area contributed by atoms with Gasteiger partial charge in [0.1, 0.15) is 0 Å². The van der Waals surface area contributed by atoms with Crippen LogP contribution in [0.25, 0.3) is 0 Å². The Hall–Kier alpha value is -1.89. The zero-order valence-electron chi connectivity index (χ0n) is 10.5. The second-order valence-corrected chi connectivity index (χ2v) is 4.67. The Morgan fingerprint density at radius 1 is 1.53 bits per heavy atom. The molecule has 7 nitrogen and oxygen atoms in total. The van der Waals surface area contributed by atoms with Gasteiger partial charge >= 0.3 is 5.82 Å². The fourth-order valence-corrected chi connectivity index (χ4v) is 2.49. The van der Waals surface area contributed by atoms with Crippen molar-refractivity contribution in [2.24, 2.45) is 0 Å². The number of amides is 1. The minimum atomic E-state index is -0.557. The van der Waals surface area contributed by atoms with Gasteiger partial charge in [0.15, 0.2) is 5.69 Å². The van der Waals surface area contributed by atoms with Gasteiger partial charge in [0.05, 0.1) is 0 Å². The first-order chi connectivity index (χ1) is 9.13. The summed E-state index contributed by atoms with van der Waals surface area (Å²) in [7, 11) is 0. The van der Waals surface area contributed by atoms with E-state index in [4.69, 9.17) is 5.11 Å². The van der Waals surface area contributed by atoms with E-state index in [1.807, 2.05) is 0 Å². The van der Waals surface area contributed by atoms with Gasteiger partial charge in [-0.05, 0) is 36.7 Å². The molecule has 19 heavy (non-hydrogen) atoms. The molecule has 2 rings (SSSR count). The molecule has 2 heterocycles. The lowest BCUT2D eigenvalue weighted by Gasteiger charge is -2.34. The summed E-state index contributed by atoms with van der Waals surface area (Å²) in [5.74, 6) is -0.412. The number of nitrogens with zero attached hydrogens (tertiary/aromatic N) is 2. The predicted molar refractivity (Wildman–Crippen MR) is 67.8 cm³/mol. The second kappa shape index (κ2) is 5.83. The van der Waals surface area contributed by atoms with Crippen LogP contribution in [0.3, 0.4) is 0 Å². The van der Waals surface area contributed by atoms with Crippen LogP contribution in [-0.4, -0.2) is 45.0 Å². The normalized spacial score (nSPS) is 19.4. The summed E-state index contributed by atoms with van der Waals surface area (Å²) in [4.78, 5) is 26.6. The van der Waals surface area contributed by atoms with Crippen LogP contribution in [0.5, 0.6) is 0 Å². The highest BCUT2D eigenvalue weighted by Gasteiger charge is 2.29. The molecule has 0 aromatic carbocycles. The molecule has 104 valence electrons. The van der Waals surface area contributed by atoms with Crippen molar-refractivity contribution in [3.63, 3.8) is 0 Å². The number of piperidine rings is 1. The number of H-pyrrole nitrogens is 1. The molecule has 0 radical (unpaired) electrons. The van der Waals surface area contributed by atoms with Crippen molar-refractivity contribution in [3.8, 4) is 0 Å². The second-order valence-electron chi connectivity index (χ2n) is 4.67. The van der Waals surface area contributed by atoms with E-state index in [9.17, 15) is 14.9 Å². The molecule has 1 aromatic heterocycles. The third-order valence-corrected chi connectivity index (χ3v) is 3.45. The maximum Gasteiger partial charge on any atom is 0.321 e. The number of hydrogen-bond acceptors (Lipinski definition) is 4. The van der Waals surface area contributed by atoms with Crippen molar-refractivity contribution in [2.75, 3.05) is 13.2 Å². The molecule has 1 atom stereocenters. The van der Waals surface area contributed by atoms with Gasteiger partial charge in [-0.15, -0.1) is 0 Å². The van der Waals surface area contributed by atoms with Crippen LogP contribution in [0.15, 0.2) is 12.1 Å². The first-order valence-corrected chi connectivity index (χ1v) is 6.38. The zero-order chi connectivity index (χ0) is 13.8. The highest BCUT2D eigenvalue weighted by atomic mass is 16.6. The minimum Gasteiger partial charge on any atom is -0.396 e. The first kappa shape index (κ1) is 13.5. The number of likely N-dealkylation sites (tertiary alicyclic amines) is 1. The molecule has 0 aliphatic carbocycles. The molecule has 1 saturated heterocycles. The van der Waals surface area contributed by atoms with E-state index < -0.39 is 4.92 Å². The molecular formula is C12H17N3O4. The summed E-state index contributed by atoms with van der Waals surface area (Å²) >= 11 is 0. The summed E-state index contributed by atoms with van der Waals surface area (Å²) in [6.07, 6.45) is 3.39. The van der Waals surface area contributed by atoms with E-state index in [-0.39, 0.29) is 30.1 Å². The fourth-order valence-electron chi connectivity index (χ4n) is 2.49. The predicted octanol–water partition coefficient (Wildman–Crippen LogP) is 1.30. The van der Waals surface area contributed by atoms with E-state index in [2.05, 4.69) is 4.98 Å². The third-order valence-electron chi connectivity index (χ3n) is 3.45. The monoisotopic (exact) mass is 267 g/mol. The van der Waals surface area contributed by atoms with Gasteiger partial charge in [-0.1, -0.05) is 0 Å². The van der Waals surface area contributed by atoms with Gasteiger partial charge in [-0.2, -0.15) is 0 Å². The highest BCUT2D eigenvalue weighted by molar-refractivity contribution is 5.93. The highest BCUT2D eigenvalue weighted by Crippen LogP contribution is 2.22. The van der Waals surface area contributed by atoms with Gasteiger partial charge in [0.25, 0.3) is 5.91 Å². The average molecular weight is 267 g/mol. The SMILES string of the molecule is O=C(c1ccc([N+](=O)[O-])[nH]1)N1CCCCC1CCO. The molecule has 1 amide bonds. The van der Waals surface area contributed by atoms with Crippen LogP contribution in [-0.2, 0) is 0 Å². The minimum absolute atomic E-state index is 0.0219. The number of hydrogen-bond donors (Lipinski definition) is 2. The van der Waals surface area contributed by atoms with Gasteiger partial charge in [0.2, 0.25) is 0 Å². The molecule has 1 fully saturated rings. The molecular weight excluding hydrogens is 250 g/mol. The lowest BCUT2D eigenvalue weighted by molar-refractivity contribution is -0.389. The summed E-state index contributed by atoms with van der Waals surface area (Å²) in [5, 5.41) is 19.6. The Bertz CT molecular complexity index is 469. The van der Waals surface area contributed by atoms with Crippen LogP contribution in [0.2, 0.25) is 0 Å². The number of aromatic amines is 1. The molecule has 0 spiro atoms. The van der Waals surface area contributed by atoms with Crippen LogP contribution in [0.4, 0.5) is 5.82 Å². The molecule has 2 N–H and O–H groups in total. The Labute approximate surface area is 110 Å². The lowest BCUT2D eigenvalue weighted by Crippen LogP contribution is -2.44. The van der Waals surface area contributed by atoms with E-state index in [0.717, 1.165) is 19.3 Å². The number of aliphatic hydroxyl groups excluding tert-OH is 1. The molecule has 1 aliphatic rings. The van der Waals surface area contributed by atoms with Crippen molar-refractivity contribution in [1.82, 2.24) is 9.88 Å². The molecule has 7 heteroatoms. The number of nitrogens with one attached hydrogen (secondary N) is 1. The van der Waals surface area contributed by atoms with Gasteiger partial charge in [0, 0.05) is 25.3 Å². The molecule has 0 saturated carbocycles. The Morgan fingerprint density at radius 3 is 2.95 bits per heavy atom. The topological polar surface area (TPSA) is 99.5 Å². The Kier molecular flexibility index (Phi) is 4.16. The van der Waals surface area contributed by atoms with Crippen molar-refractivity contribution in [2.45, 2.75) is 31.7 Å². The number of rotatable bonds is 4. The smallest absolute Gasteiger partial charge is 0.321 e. The number of aliphatic hydroxyl groups is 1. The molecule has 1 aromatic rings. The van der Waals surface area contributed by atoms with E-state index in [1.165, 1.54) is 12.1 Å². The zero-order valence-corrected chi connectivity index (χ0v) is 10.5.